The first-order valence-electron chi connectivity index (χ1n) is 3.97. The monoisotopic (exact) mass is 262 g/mol. The largest absolute Gasteiger partial charge is 0.391 e. The Bertz CT molecular complexity index is 145. The molecule has 0 aliphatic carbocycles. The molecule has 0 fully saturated rings. The fraction of sp³-hybridized carbons (Fsp3) is 1.00. The van der Waals surface area contributed by atoms with Gasteiger partial charge in [0.05, 0.1) is 19.6 Å². The minimum atomic E-state index is -4.11. The van der Waals surface area contributed by atoms with E-state index in [4.69, 9.17) is 4.74 Å². The first-order valence-corrected chi connectivity index (χ1v) is 5.09. The molecular formula is C8H14BrF3O. The van der Waals surface area contributed by atoms with Gasteiger partial charge in [0, 0.05) is 5.33 Å². The Balaban J connectivity index is 3.47. The molecule has 0 saturated heterocycles. The first-order chi connectivity index (χ1) is 5.77. The van der Waals surface area contributed by atoms with Gasteiger partial charge in [0.2, 0.25) is 0 Å². The summed E-state index contributed by atoms with van der Waals surface area (Å²) >= 11 is 3.26. The quantitative estimate of drug-likeness (QED) is 0.545. The maximum absolute atomic E-state index is 11.7. The average molecular weight is 263 g/mol. The molecule has 0 heterocycles. The normalized spacial score (nSPS) is 13.4. The zero-order valence-corrected chi connectivity index (χ0v) is 9.33. The van der Waals surface area contributed by atoms with E-state index in [1.807, 2.05) is 13.8 Å². The summed E-state index contributed by atoms with van der Waals surface area (Å²) in [5.41, 5.74) is -0.106. The molecule has 0 amide bonds. The van der Waals surface area contributed by atoms with Gasteiger partial charge < -0.3 is 4.74 Å². The van der Waals surface area contributed by atoms with Crippen molar-refractivity contribution in [3.63, 3.8) is 0 Å². The Morgan fingerprint density at radius 3 is 2.15 bits per heavy atom. The fourth-order valence-electron chi connectivity index (χ4n) is 0.575. The van der Waals surface area contributed by atoms with Crippen LogP contribution in [0.4, 0.5) is 13.2 Å². The van der Waals surface area contributed by atoms with Gasteiger partial charge in [0.1, 0.15) is 0 Å². The number of alkyl halides is 4. The van der Waals surface area contributed by atoms with Crippen LogP contribution in [0.25, 0.3) is 0 Å². The van der Waals surface area contributed by atoms with E-state index >= 15 is 0 Å². The Kier molecular flexibility index (Phi) is 5.29. The molecule has 0 bridgehead atoms. The molecule has 13 heavy (non-hydrogen) atoms. The van der Waals surface area contributed by atoms with E-state index in [0.29, 0.717) is 11.9 Å². The number of rotatable bonds is 5. The van der Waals surface area contributed by atoms with Crippen molar-refractivity contribution in [3.8, 4) is 0 Å². The van der Waals surface area contributed by atoms with Crippen LogP contribution < -0.4 is 0 Å². The van der Waals surface area contributed by atoms with Crippen molar-refractivity contribution in [3.05, 3.63) is 0 Å². The van der Waals surface area contributed by atoms with E-state index in [-0.39, 0.29) is 12.0 Å². The van der Waals surface area contributed by atoms with E-state index in [2.05, 4.69) is 15.9 Å². The maximum atomic E-state index is 11.7. The summed E-state index contributed by atoms with van der Waals surface area (Å²) < 4.78 is 39.9. The van der Waals surface area contributed by atoms with Crippen molar-refractivity contribution >= 4 is 15.9 Å². The van der Waals surface area contributed by atoms with E-state index in [1.165, 1.54) is 0 Å². The highest BCUT2D eigenvalue weighted by molar-refractivity contribution is 9.09. The predicted octanol–water partition coefficient (Wildman–Crippen LogP) is 3.38. The Hall–Kier alpha value is 0.230. The number of hydrogen-bond donors (Lipinski definition) is 0. The van der Waals surface area contributed by atoms with Crippen LogP contribution >= 0.6 is 15.9 Å². The van der Waals surface area contributed by atoms with Gasteiger partial charge in [0.25, 0.3) is 0 Å². The van der Waals surface area contributed by atoms with Crippen LogP contribution in [0, 0.1) is 5.41 Å². The third-order valence-electron chi connectivity index (χ3n) is 1.38. The molecule has 80 valence electrons. The Morgan fingerprint density at radius 2 is 1.77 bits per heavy atom. The molecule has 0 atom stereocenters. The van der Waals surface area contributed by atoms with Gasteiger partial charge in [-0.1, -0.05) is 29.8 Å². The van der Waals surface area contributed by atoms with Crippen molar-refractivity contribution < 1.29 is 17.9 Å². The minimum absolute atomic E-state index is 0.106. The Labute approximate surface area is 84.8 Å². The molecule has 0 aliphatic rings. The molecule has 0 unspecified atom stereocenters. The molecule has 0 spiro atoms. The van der Waals surface area contributed by atoms with Gasteiger partial charge >= 0.3 is 6.18 Å². The second kappa shape index (κ2) is 5.20. The van der Waals surface area contributed by atoms with Gasteiger partial charge in [-0.05, 0) is 5.41 Å². The molecular weight excluding hydrogens is 249 g/mol. The van der Waals surface area contributed by atoms with E-state index in [9.17, 15) is 13.2 Å². The topological polar surface area (TPSA) is 9.23 Å². The zero-order chi connectivity index (χ0) is 10.5. The van der Waals surface area contributed by atoms with Crippen LogP contribution in [0.1, 0.15) is 20.3 Å². The molecule has 5 heteroatoms. The number of halogens is 4. The molecule has 0 aromatic heterocycles. The zero-order valence-electron chi connectivity index (χ0n) is 7.75. The SMILES string of the molecule is CC(C)(CBr)COCCC(F)(F)F. The minimum Gasteiger partial charge on any atom is -0.381 e. The van der Waals surface area contributed by atoms with Gasteiger partial charge in [-0.25, -0.2) is 0 Å². The van der Waals surface area contributed by atoms with E-state index in [0.717, 1.165) is 0 Å². The molecule has 1 nitrogen and oxygen atoms in total. The summed E-state index contributed by atoms with van der Waals surface area (Å²) in [5, 5.41) is 0.714. The molecule has 0 radical (unpaired) electrons. The molecule has 0 aromatic rings. The fourth-order valence-corrected chi connectivity index (χ4v) is 0.737. The molecule has 0 rings (SSSR count). The van der Waals surface area contributed by atoms with Gasteiger partial charge in [-0.3, -0.25) is 0 Å². The second-order valence-corrected chi connectivity index (χ2v) is 4.28. The number of hydrogen-bond acceptors (Lipinski definition) is 1. The van der Waals surface area contributed by atoms with Crippen LogP contribution in [0.3, 0.4) is 0 Å². The van der Waals surface area contributed by atoms with E-state index < -0.39 is 12.6 Å². The highest BCUT2D eigenvalue weighted by Gasteiger charge is 2.27. The highest BCUT2D eigenvalue weighted by Crippen LogP contribution is 2.21. The highest BCUT2D eigenvalue weighted by atomic mass is 79.9. The lowest BCUT2D eigenvalue weighted by atomic mass is 9.99. The summed E-state index contributed by atoms with van der Waals surface area (Å²) in [4.78, 5) is 0. The van der Waals surface area contributed by atoms with Crippen LogP contribution in [0.5, 0.6) is 0 Å². The Morgan fingerprint density at radius 1 is 1.23 bits per heavy atom. The lowest BCUT2D eigenvalue weighted by Gasteiger charge is -2.21. The average Bonchev–Trinajstić information content (AvgIpc) is 1.97. The van der Waals surface area contributed by atoms with E-state index in [1.54, 1.807) is 0 Å². The third kappa shape index (κ3) is 8.56. The van der Waals surface area contributed by atoms with Crippen LogP contribution in [-0.4, -0.2) is 24.7 Å². The number of ether oxygens (including phenoxy) is 1. The molecule has 0 N–H and O–H groups in total. The maximum Gasteiger partial charge on any atom is 0.391 e. The summed E-state index contributed by atoms with van der Waals surface area (Å²) in [7, 11) is 0. The first kappa shape index (κ1) is 13.2. The second-order valence-electron chi connectivity index (χ2n) is 3.72. The van der Waals surface area contributed by atoms with Gasteiger partial charge in [-0.15, -0.1) is 0 Å². The van der Waals surface area contributed by atoms with Crippen molar-refractivity contribution in [2.75, 3.05) is 18.5 Å². The van der Waals surface area contributed by atoms with Crippen molar-refractivity contribution in [1.82, 2.24) is 0 Å². The van der Waals surface area contributed by atoms with Crippen molar-refractivity contribution in [2.45, 2.75) is 26.4 Å². The van der Waals surface area contributed by atoms with Crippen LogP contribution in [-0.2, 0) is 4.74 Å². The summed E-state index contributed by atoms with van der Waals surface area (Å²) in [5.74, 6) is 0. The van der Waals surface area contributed by atoms with Crippen LogP contribution in [0.2, 0.25) is 0 Å². The summed E-state index contributed by atoms with van der Waals surface area (Å²) in [6.45, 7) is 3.94. The van der Waals surface area contributed by atoms with Crippen molar-refractivity contribution in [1.29, 1.82) is 0 Å². The predicted molar refractivity (Wildman–Crippen MR) is 49.1 cm³/mol. The van der Waals surface area contributed by atoms with Gasteiger partial charge in [0.15, 0.2) is 0 Å². The van der Waals surface area contributed by atoms with Crippen LogP contribution in [0.15, 0.2) is 0 Å². The van der Waals surface area contributed by atoms with Crippen molar-refractivity contribution in [2.24, 2.45) is 5.41 Å². The standard InChI is InChI=1S/C8H14BrF3O/c1-7(2,5-9)6-13-4-3-8(10,11)12/h3-6H2,1-2H3. The molecule has 0 saturated carbocycles. The third-order valence-corrected chi connectivity index (χ3v) is 2.90. The smallest absolute Gasteiger partial charge is 0.381 e. The molecule has 0 aromatic carbocycles. The summed E-state index contributed by atoms with van der Waals surface area (Å²) in [6.07, 6.45) is -4.98. The lowest BCUT2D eigenvalue weighted by Crippen LogP contribution is -2.22. The van der Waals surface area contributed by atoms with Gasteiger partial charge in [-0.2, -0.15) is 13.2 Å². The molecule has 0 aliphatic heterocycles. The summed E-state index contributed by atoms with van der Waals surface area (Å²) in [6, 6.07) is 0. The lowest BCUT2D eigenvalue weighted by molar-refractivity contribution is -0.146.